The second-order valence-electron chi connectivity index (χ2n) is 5.45. The maximum Gasteiger partial charge on any atom is 0.251 e. The summed E-state index contributed by atoms with van der Waals surface area (Å²) < 4.78 is 12.8. The highest BCUT2D eigenvalue weighted by Crippen LogP contribution is 2.32. The van der Waals surface area contributed by atoms with E-state index in [0.29, 0.717) is 6.54 Å². The van der Waals surface area contributed by atoms with Crippen molar-refractivity contribution in [2.75, 3.05) is 20.1 Å². The molecular weight excluding hydrogens is 247 g/mol. The lowest BCUT2D eigenvalue weighted by molar-refractivity contribution is -0.135. The molecule has 5 heteroatoms. The first kappa shape index (κ1) is 12.6. The van der Waals surface area contributed by atoms with E-state index < -0.39 is 6.10 Å². The number of rotatable bonds is 2. The summed E-state index contributed by atoms with van der Waals surface area (Å²) in [6.07, 6.45) is -0.867. The van der Waals surface area contributed by atoms with Crippen molar-refractivity contribution in [3.05, 3.63) is 35.6 Å². The van der Waals surface area contributed by atoms with Crippen LogP contribution in [0.1, 0.15) is 5.56 Å². The zero-order valence-electron chi connectivity index (χ0n) is 10.8. The number of hydrogen-bond donors (Lipinski definition) is 1. The molecule has 3 atom stereocenters. The van der Waals surface area contributed by atoms with Crippen LogP contribution < -0.4 is 0 Å². The molecule has 0 spiro atoms. The largest absolute Gasteiger partial charge is 0.383 e. The summed E-state index contributed by atoms with van der Waals surface area (Å²) in [6.45, 7) is 2.20. The quantitative estimate of drug-likeness (QED) is 0.844. The molecule has 2 aliphatic heterocycles. The summed E-state index contributed by atoms with van der Waals surface area (Å²) in [5.74, 6) is -0.405. The van der Waals surface area contributed by atoms with Crippen molar-refractivity contribution in [1.29, 1.82) is 0 Å². The van der Waals surface area contributed by atoms with Crippen LogP contribution in [0.2, 0.25) is 0 Å². The predicted octanol–water partition coefficient (Wildman–Crippen LogP) is 0.459. The molecule has 0 saturated carbocycles. The van der Waals surface area contributed by atoms with Gasteiger partial charge in [0.05, 0.1) is 6.04 Å². The topological polar surface area (TPSA) is 43.8 Å². The first-order valence-electron chi connectivity index (χ1n) is 6.48. The van der Waals surface area contributed by atoms with E-state index in [2.05, 4.69) is 4.90 Å². The number of amides is 1. The summed E-state index contributed by atoms with van der Waals surface area (Å²) in [7, 11) is 1.75. The summed E-state index contributed by atoms with van der Waals surface area (Å²) in [4.78, 5) is 15.5. The number of nitrogens with zero attached hydrogens (tertiary/aromatic N) is 2. The standard InChI is InChI=1S/C14H17FN2O2/c1-16-12-8-17(7-11(12)13(18)14(16)19)6-9-2-4-10(15)5-3-9/h2-5,11-13,18H,6-8H2,1H3/t11-,12+,13-/m0/s1. The molecule has 2 aliphatic rings. The van der Waals surface area contributed by atoms with E-state index in [0.717, 1.165) is 18.7 Å². The van der Waals surface area contributed by atoms with Crippen LogP contribution in [-0.2, 0) is 11.3 Å². The molecule has 2 heterocycles. The van der Waals surface area contributed by atoms with Crippen molar-refractivity contribution in [2.24, 2.45) is 5.92 Å². The van der Waals surface area contributed by atoms with Crippen LogP contribution in [0.25, 0.3) is 0 Å². The summed E-state index contributed by atoms with van der Waals surface area (Å²) >= 11 is 0. The van der Waals surface area contributed by atoms with Gasteiger partial charge in [-0.25, -0.2) is 4.39 Å². The molecule has 1 aromatic rings. The van der Waals surface area contributed by atoms with E-state index in [1.165, 1.54) is 12.1 Å². The Hall–Kier alpha value is -1.46. The average molecular weight is 264 g/mol. The molecule has 19 heavy (non-hydrogen) atoms. The van der Waals surface area contributed by atoms with E-state index in [1.54, 1.807) is 24.1 Å². The Balaban J connectivity index is 1.67. The Bertz CT molecular complexity index is 471. The van der Waals surface area contributed by atoms with E-state index in [-0.39, 0.29) is 23.7 Å². The highest BCUT2D eigenvalue weighted by Gasteiger charge is 2.50. The van der Waals surface area contributed by atoms with Crippen LogP contribution in [0.5, 0.6) is 0 Å². The van der Waals surface area contributed by atoms with Crippen molar-refractivity contribution in [3.63, 3.8) is 0 Å². The smallest absolute Gasteiger partial charge is 0.251 e. The lowest BCUT2D eigenvalue weighted by Crippen LogP contribution is -2.36. The number of likely N-dealkylation sites (tertiary alicyclic amines) is 2. The lowest BCUT2D eigenvalue weighted by Gasteiger charge is -2.21. The zero-order valence-corrected chi connectivity index (χ0v) is 10.8. The molecule has 0 radical (unpaired) electrons. The molecule has 0 unspecified atom stereocenters. The van der Waals surface area contributed by atoms with Gasteiger partial charge in [0.1, 0.15) is 11.9 Å². The van der Waals surface area contributed by atoms with E-state index >= 15 is 0 Å². The van der Waals surface area contributed by atoms with Crippen molar-refractivity contribution in [3.8, 4) is 0 Å². The molecule has 1 N–H and O–H groups in total. The fraction of sp³-hybridized carbons (Fsp3) is 0.500. The second-order valence-corrected chi connectivity index (χ2v) is 5.45. The summed E-state index contributed by atoms with van der Waals surface area (Å²) in [6, 6.07) is 6.56. The molecule has 4 nitrogen and oxygen atoms in total. The van der Waals surface area contributed by atoms with Crippen molar-refractivity contribution in [2.45, 2.75) is 18.7 Å². The molecule has 102 valence electrons. The molecule has 0 aromatic heterocycles. The van der Waals surface area contributed by atoms with Crippen molar-refractivity contribution >= 4 is 5.91 Å². The van der Waals surface area contributed by atoms with Gasteiger partial charge in [0.25, 0.3) is 5.91 Å². The van der Waals surface area contributed by atoms with Crippen LogP contribution >= 0.6 is 0 Å². The molecule has 1 amide bonds. The number of aliphatic hydroxyl groups is 1. The van der Waals surface area contributed by atoms with Gasteiger partial charge in [-0.2, -0.15) is 0 Å². The predicted molar refractivity (Wildman–Crippen MR) is 67.7 cm³/mol. The van der Waals surface area contributed by atoms with Gasteiger partial charge >= 0.3 is 0 Å². The van der Waals surface area contributed by atoms with Gasteiger partial charge < -0.3 is 10.0 Å². The Morgan fingerprint density at radius 1 is 1.32 bits per heavy atom. The number of halogens is 1. The van der Waals surface area contributed by atoms with Gasteiger partial charge in [-0.15, -0.1) is 0 Å². The Morgan fingerprint density at radius 2 is 2.00 bits per heavy atom. The van der Waals surface area contributed by atoms with Crippen LogP contribution in [0.15, 0.2) is 24.3 Å². The second kappa shape index (κ2) is 4.58. The minimum Gasteiger partial charge on any atom is -0.383 e. The fourth-order valence-corrected chi connectivity index (χ4v) is 3.15. The van der Waals surface area contributed by atoms with E-state index in [1.807, 2.05) is 0 Å². The summed E-state index contributed by atoms with van der Waals surface area (Å²) in [5, 5.41) is 9.89. The Morgan fingerprint density at radius 3 is 2.63 bits per heavy atom. The lowest BCUT2D eigenvalue weighted by atomic mass is 10.0. The molecule has 0 aliphatic carbocycles. The van der Waals surface area contributed by atoms with Gasteiger partial charge in [0, 0.05) is 32.6 Å². The average Bonchev–Trinajstić information content (AvgIpc) is 2.89. The van der Waals surface area contributed by atoms with Crippen LogP contribution in [-0.4, -0.2) is 53.1 Å². The molecule has 2 saturated heterocycles. The van der Waals surface area contributed by atoms with Crippen molar-refractivity contribution in [1.82, 2.24) is 9.80 Å². The molecule has 0 bridgehead atoms. The fourth-order valence-electron chi connectivity index (χ4n) is 3.15. The summed E-state index contributed by atoms with van der Waals surface area (Å²) in [5.41, 5.74) is 1.05. The zero-order chi connectivity index (χ0) is 13.6. The third-order valence-corrected chi connectivity index (χ3v) is 4.23. The molecular formula is C14H17FN2O2. The molecule has 2 fully saturated rings. The monoisotopic (exact) mass is 264 g/mol. The minimum atomic E-state index is -0.867. The molecule has 1 aromatic carbocycles. The first-order valence-corrected chi connectivity index (χ1v) is 6.48. The van der Waals surface area contributed by atoms with Gasteiger partial charge in [0.2, 0.25) is 0 Å². The van der Waals surface area contributed by atoms with Crippen LogP contribution in [0.3, 0.4) is 0 Å². The van der Waals surface area contributed by atoms with E-state index in [9.17, 15) is 14.3 Å². The molecule has 3 rings (SSSR count). The van der Waals surface area contributed by atoms with Crippen LogP contribution in [0, 0.1) is 11.7 Å². The normalized spacial score (nSPS) is 31.0. The third-order valence-electron chi connectivity index (χ3n) is 4.23. The number of hydrogen-bond acceptors (Lipinski definition) is 3. The highest BCUT2D eigenvalue weighted by atomic mass is 19.1. The number of benzene rings is 1. The van der Waals surface area contributed by atoms with Gasteiger partial charge in [-0.1, -0.05) is 12.1 Å². The maximum absolute atomic E-state index is 12.8. The minimum absolute atomic E-state index is 0.00190. The number of aliphatic hydroxyl groups excluding tert-OH is 1. The number of carbonyl (C=O) groups excluding carboxylic acids is 1. The van der Waals surface area contributed by atoms with E-state index in [4.69, 9.17) is 0 Å². The van der Waals surface area contributed by atoms with Gasteiger partial charge in [0.15, 0.2) is 0 Å². The first-order chi connectivity index (χ1) is 9.06. The number of likely N-dealkylation sites (N-methyl/N-ethyl adjacent to an activating group) is 1. The number of fused-ring (bicyclic) bond motifs is 1. The van der Waals surface area contributed by atoms with Crippen molar-refractivity contribution < 1.29 is 14.3 Å². The Labute approximate surface area is 111 Å². The third kappa shape index (κ3) is 2.13. The highest BCUT2D eigenvalue weighted by molar-refractivity contribution is 5.84. The van der Waals surface area contributed by atoms with Gasteiger partial charge in [-0.3, -0.25) is 9.69 Å². The maximum atomic E-state index is 12.8. The number of carbonyl (C=O) groups is 1. The van der Waals surface area contributed by atoms with Gasteiger partial charge in [-0.05, 0) is 17.7 Å². The Kier molecular flexibility index (Phi) is 3.03. The SMILES string of the molecule is CN1C(=O)[C@@H](O)[C@H]2CN(Cc3ccc(F)cc3)C[C@H]21. The van der Waals surface area contributed by atoms with Crippen LogP contribution in [0.4, 0.5) is 4.39 Å².